The second kappa shape index (κ2) is 9.17. The van der Waals surface area contributed by atoms with E-state index in [-0.39, 0.29) is 23.9 Å². The summed E-state index contributed by atoms with van der Waals surface area (Å²) in [5.41, 5.74) is 0.569. The highest BCUT2D eigenvalue weighted by atomic mass is 32.2. The minimum Gasteiger partial charge on any atom is -0.477 e. The van der Waals surface area contributed by atoms with Gasteiger partial charge in [0.1, 0.15) is 29.6 Å². The minimum atomic E-state index is -1.33. The van der Waals surface area contributed by atoms with Crippen molar-refractivity contribution in [1.29, 1.82) is 0 Å². The van der Waals surface area contributed by atoms with Crippen molar-refractivity contribution in [2.24, 2.45) is 7.05 Å². The van der Waals surface area contributed by atoms with Crippen LogP contribution in [-0.4, -0.2) is 67.3 Å². The van der Waals surface area contributed by atoms with Crippen molar-refractivity contribution in [3.63, 3.8) is 0 Å². The maximum Gasteiger partial charge on any atom is 0.441 e. The van der Waals surface area contributed by atoms with Crippen LogP contribution in [0.4, 0.5) is 0 Å². The van der Waals surface area contributed by atoms with E-state index in [2.05, 4.69) is 15.0 Å². The van der Waals surface area contributed by atoms with Gasteiger partial charge in [-0.05, 0) is 5.56 Å². The molecule has 0 aliphatic carbocycles. The van der Waals surface area contributed by atoms with Crippen molar-refractivity contribution in [1.82, 2.24) is 19.9 Å². The van der Waals surface area contributed by atoms with Gasteiger partial charge in [0, 0.05) is 25.3 Å². The molecule has 2 aliphatic rings. The first-order valence-electron chi connectivity index (χ1n) is 10.1. The molecule has 3 heterocycles. The van der Waals surface area contributed by atoms with Crippen LogP contribution in [0.1, 0.15) is 24.2 Å². The van der Waals surface area contributed by atoms with Crippen molar-refractivity contribution in [3.8, 4) is 0 Å². The van der Waals surface area contributed by atoms with Crippen LogP contribution in [0, 0.1) is 0 Å². The zero-order valence-corrected chi connectivity index (χ0v) is 18.9. The molecule has 0 saturated carbocycles. The Hall–Kier alpha value is -3.87. The van der Waals surface area contributed by atoms with E-state index >= 15 is 0 Å². The molecule has 3 unspecified atom stereocenters. The largest absolute Gasteiger partial charge is 0.477 e. The predicted molar refractivity (Wildman–Crippen MR) is 116 cm³/mol. The van der Waals surface area contributed by atoms with Gasteiger partial charge < -0.3 is 15.2 Å². The van der Waals surface area contributed by atoms with Crippen LogP contribution >= 0.6 is 11.8 Å². The van der Waals surface area contributed by atoms with Gasteiger partial charge in [-0.3, -0.25) is 28.4 Å². The number of nitrogens with one attached hydrogen (secondary N) is 1. The van der Waals surface area contributed by atoms with Crippen molar-refractivity contribution >= 4 is 35.5 Å². The molecule has 1 saturated heterocycles. The number of rotatable bonds is 7. The summed E-state index contributed by atoms with van der Waals surface area (Å²) in [5.74, 6) is -4.62. The molecule has 0 spiro atoms. The Balaban J connectivity index is 1.58. The summed E-state index contributed by atoms with van der Waals surface area (Å²) in [6.07, 6.45) is 0. The number of carbonyl (C=O) groups is 4. The quantitative estimate of drug-likeness (QED) is 0.395. The molecule has 1 aromatic carbocycles. The number of aromatic nitrogens is 2. The first-order chi connectivity index (χ1) is 16.2. The molecule has 34 heavy (non-hydrogen) atoms. The van der Waals surface area contributed by atoms with Crippen molar-refractivity contribution < 1.29 is 33.5 Å². The SMILES string of the molecule is CC(=O)OCC1=C(C(=O)O)N2C(=O)C(NC(=O)C(c3ccccc3)c3noc(=O)n3C)C2SC1. The van der Waals surface area contributed by atoms with Gasteiger partial charge in [0.15, 0.2) is 5.82 Å². The Morgan fingerprint density at radius 1 is 1.29 bits per heavy atom. The van der Waals surface area contributed by atoms with Crippen LogP contribution in [0.5, 0.6) is 0 Å². The van der Waals surface area contributed by atoms with Gasteiger partial charge >= 0.3 is 17.7 Å². The van der Waals surface area contributed by atoms with E-state index in [1.807, 2.05) is 0 Å². The molecule has 4 rings (SSSR count). The van der Waals surface area contributed by atoms with Gasteiger partial charge in [0.25, 0.3) is 5.91 Å². The van der Waals surface area contributed by atoms with Crippen LogP contribution in [0.3, 0.4) is 0 Å². The van der Waals surface area contributed by atoms with Crippen LogP contribution < -0.4 is 11.1 Å². The number of nitrogens with zero attached hydrogens (tertiary/aromatic N) is 3. The lowest BCUT2D eigenvalue weighted by Gasteiger charge is -2.49. The number of benzene rings is 1. The van der Waals surface area contributed by atoms with Gasteiger partial charge in [-0.15, -0.1) is 11.8 Å². The molecular weight excluding hydrogens is 468 g/mol. The summed E-state index contributed by atoms with van der Waals surface area (Å²) in [6.45, 7) is 0.960. The van der Waals surface area contributed by atoms with E-state index in [1.165, 1.54) is 25.7 Å². The lowest BCUT2D eigenvalue weighted by atomic mass is 9.95. The normalized spacial score (nSPS) is 20.3. The fraction of sp³-hybridized carbons (Fsp3) is 0.333. The molecule has 2 amide bonds. The summed E-state index contributed by atoms with van der Waals surface area (Å²) < 4.78 is 10.7. The molecule has 2 aromatic rings. The van der Waals surface area contributed by atoms with E-state index in [9.17, 15) is 29.1 Å². The summed E-state index contributed by atoms with van der Waals surface area (Å²) in [4.78, 5) is 62.1. The van der Waals surface area contributed by atoms with E-state index in [1.54, 1.807) is 30.3 Å². The van der Waals surface area contributed by atoms with Crippen LogP contribution in [0.2, 0.25) is 0 Å². The van der Waals surface area contributed by atoms with Crippen LogP contribution in [-0.2, 0) is 31.0 Å². The van der Waals surface area contributed by atoms with E-state index < -0.39 is 46.8 Å². The number of amides is 2. The number of hydrogen-bond acceptors (Lipinski definition) is 9. The number of aliphatic carboxylic acids is 1. The highest BCUT2D eigenvalue weighted by molar-refractivity contribution is 8.00. The first kappa shape index (κ1) is 23.3. The second-order valence-electron chi connectivity index (χ2n) is 7.64. The van der Waals surface area contributed by atoms with Gasteiger partial charge in [0.2, 0.25) is 5.91 Å². The standard InChI is InChI=1S/C21H20N4O8S/c1-10(26)32-8-12-9-34-19-14(18(28)25(19)15(12)20(29)30)22-17(27)13(11-6-4-3-5-7-11)16-23-33-21(31)24(16)2/h3-7,13-14,19H,8-9H2,1-2H3,(H,22,27)(H,29,30). The number of carboxylic acids is 1. The summed E-state index contributed by atoms with van der Waals surface area (Å²) in [7, 11) is 1.42. The summed E-state index contributed by atoms with van der Waals surface area (Å²) >= 11 is 1.25. The number of fused-ring (bicyclic) bond motifs is 1. The molecule has 3 atom stereocenters. The zero-order valence-electron chi connectivity index (χ0n) is 18.1. The number of β-lactam (4-membered cyclic amide) rings is 1. The average molecular weight is 488 g/mol. The van der Waals surface area contributed by atoms with Crippen molar-refractivity contribution in [3.05, 3.63) is 63.5 Å². The Morgan fingerprint density at radius 2 is 2.00 bits per heavy atom. The van der Waals surface area contributed by atoms with Crippen LogP contribution in [0.15, 0.2) is 50.9 Å². The smallest absolute Gasteiger partial charge is 0.441 e. The molecule has 1 fully saturated rings. The highest BCUT2D eigenvalue weighted by Crippen LogP contribution is 2.40. The fourth-order valence-electron chi connectivity index (χ4n) is 3.83. The summed E-state index contributed by atoms with van der Waals surface area (Å²) in [6, 6.07) is 7.57. The Labute approximate surface area is 196 Å². The Morgan fingerprint density at radius 3 is 2.59 bits per heavy atom. The third-order valence-electron chi connectivity index (χ3n) is 5.49. The fourth-order valence-corrected chi connectivity index (χ4v) is 5.16. The molecule has 0 radical (unpaired) electrons. The van der Waals surface area contributed by atoms with E-state index in [4.69, 9.17) is 4.74 Å². The first-order valence-corrected chi connectivity index (χ1v) is 11.2. The predicted octanol–water partition coefficient (Wildman–Crippen LogP) is -0.193. The van der Waals surface area contributed by atoms with Gasteiger partial charge in [0.05, 0.1) is 0 Å². The van der Waals surface area contributed by atoms with E-state index in [0.29, 0.717) is 11.1 Å². The number of esters is 1. The molecule has 13 heteroatoms. The van der Waals surface area contributed by atoms with Crippen molar-refractivity contribution in [2.45, 2.75) is 24.3 Å². The van der Waals surface area contributed by atoms with Crippen molar-refractivity contribution in [2.75, 3.05) is 12.4 Å². The number of carbonyl (C=O) groups excluding carboxylic acids is 3. The third kappa shape index (κ3) is 4.09. The topological polar surface area (TPSA) is 161 Å². The number of hydrogen-bond donors (Lipinski definition) is 2. The lowest BCUT2D eigenvalue weighted by molar-refractivity contribution is -0.151. The number of thioether (sulfide) groups is 1. The van der Waals surface area contributed by atoms with Gasteiger partial charge in [-0.1, -0.05) is 35.5 Å². The van der Waals surface area contributed by atoms with E-state index in [0.717, 1.165) is 9.47 Å². The molecule has 12 nitrogen and oxygen atoms in total. The molecule has 1 aromatic heterocycles. The molecule has 2 aliphatic heterocycles. The third-order valence-corrected chi connectivity index (χ3v) is 6.82. The average Bonchev–Trinajstić information content (AvgIpc) is 3.14. The molecule has 178 valence electrons. The van der Waals surface area contributed by atoms with Crippen LogP contribution in [0.25, 0.3) is 0 Å². The Kier molecular flexibility index (Phi) is 6.28. The molecule has 2 N–H and O–H groups in total. The number of ether oxygens (including phenoxy) is 1. The minimum absolute atomic E-state index is 0.0587. The summed E-state index contributed by atoms with van der Waals surface area (Å²) in [5, 5.41) is 15.4. The highest BCUT2D eigenvalue weighted by Gasteiger charge is 2.54. The number of carboxylic acid groups (broad SMARTS) is 1. The molecule has 0 bridgehead atoms. The maximum atomic E-state index is 13.3. The zero-order chi connectivity index (χ0) is 24.6. The van der Waals surface area contributed by atoms with Gasteiger partial charge in [-0.25, -0.2) is 9.59 Å². The lowest BCUT2D eigenvalue weighted by Crippen LogP contribution is -2.71. The maximum absolute atomic E-state index is 13.3. The second-order valence-corrected chi connectivity index (χ2v) is 8.75. The Bertz CT molecular complexity index is 1250. The molecular formula is C21H20N4O8S. The monoisotopic (exact) mass is 488 g/mol. The van der Waals surface area contributed by atoms with Gasteiger partial charge in [-0.2, -0.15) is 0 Å².